The van der Waals surface area contributed by atoms with Crippen LogP contribution in [0.25, 0.3) is 0 Å². The fraction of sp³-hybridized carbons (Fsp3) is 0.455. The molecule has 96 valence electrons. The Hall–Kier alpha value is -2.18. The van der Waals surface area contributed by atoms with Crippen molar-refractivity contribution in [2.45, 2.75) is 26.7 Å². The third kappa shape index (κ3) is 3.16. The Morgan fingerprint density at radius 3 is 2.94 bits per heavy atom. The van der Waals surface area contributed by atoms with E-state index in [2.05, 4.69) is 25.4 Å². The summed E-state index contributed by atoms with van der Waals surface area (Å²) in [5, 5.41) is 6.85. The highest BCUT2D eigenvalue weighted by atomic mass is 16.5. The first-order valence-corrected chi connectivity index (χ1v) is 5.80. The highest BCUT2D eigenvalue weighted by Gasteiger charge is 2.03. The molecule has 0 bridgehead atoms. The summed E-state index contributed by atoms with van der Waals surface area (Å²) in [4.78, 5) is 22.3. The summed E-state index contributed by atoms with van der Waals surface area (Å²) in [5.41, 5.74) is -0.153. The van der Waals surface area contributed by atoms with Gasteiger partial charge in [-0.3, -0.25) is 4.79 Å². The van der Waals surface area contributed by atoms with Crippen molar-refractivity contribution in [3.05, 3.63) is 34.0 Å². The normalized spacial score (nSPS) is 10.6. The number of H-pyrrole nitrogens is 1. The Bertz CT molecular complexity index is 575. The van der Waals surface area contributed by atoms with Crippen molar-refractivity contribution in [1.82, 2.24) is 20.1 Å². The minimum Gasteiger partial charge on any atom is -0.369 e. The van der Waals surface area contributed by atoms with Gasteiger partial charge < -0.3 is 14.8 Å². The molecule has 2 aromatic heterocycles. The third-order valence-corrected chi connectivity index (χ3v) is 2.35. The average Bonchev–Trinajstić information content (AvgIpc) is 2.74. The van der Waals surface area contributed by atoms with Gasteiger partial charge in [0.15, 0.2) is 5.82 Å². The van der Waals surface area contributed by atoms with Crippen LogP contribution in [0.1, 0.15) is 24.5 Å². The van der Waals surface area contributed by atoms with Crippen LogP contribution in [0.4, 0.5) is 5.82 Å². The zero-order valence-electron chi connectivity index (χ0n) is 10.4. The van der Waals surface area contributed by atoms with Crippen LogP contribution in [0.2, 0.25) is 0 Å². The summed E-state index contributed by atoms with van der Waals surface area (Å²) < 4.78 is 4.86. The molecule has 7 nitrogen and oxygen atoms in total. The van der Waals surface area contributed by atoms with Gasteiger partial charge in [0.2, 0.25) is 5.89 Å². The van der Waals surface area contributed by atoms with E-state index in [9.17, 15) is 4.79 Å². The molecule has 0 saturated carbocycles. The lowest BCUT2D eigenvalue weighted by Crippen LogP contribution is -2.15. The molecule has 0 aliphatic rings. The molecule has 2 heterocycles. The maximum Gasteiger partial charge on any atom is 0.252 e. The molecule has 2 aromatic rings. The van der Waals surface area contributed by atoms with Crippen molar-refractivity contribution < 1.29 is 4.52 Å². The second-order valence-electron chi connectivity index (χ2n) is 3.84. The molecule has 18 heavy (non-hydrogen) atoms. The van der Waals surface area contributed by atoms with Gasteiger partial charge in [0.1, 0.15) is 11.6 Å². The summed E-state index contributed by atoms with van der Waals surface area (Å²) in [6.07, 6.45) is 1.31. The number of aromatic nitrogens is 4. The molecule has 0 fully saturated rings. The number of aryl methyl sites for hydroxylation is 2. The Labute approximate surface area is 104 Å². The molecule has 0 radical (unpaired) electrons. The van der Waals surface area contributed by atoms with Crippen LogP contribution in [-0.2, 0) is 12.8 Å². The highest BCUT2D eigenvalue weighted by molar-refractivity contribution is 5.32. The fourth-order valence-electron chi connectivity index (χ4n) is 1.51. The first-order chi connectivity index (χ1) is 8.67. The van der Waals surface area contributed by atoms with Gasteiger partial charge in [0.25, 0.3) is 5.56 Å². The van der Waals surface area contributed by atoms with Crippen LogP contribution >= 0.6 is 0 Å². The lowest BCUT2D eigenvalue weighted by molar-refractivity contribution is 0.387. The molecule has 0 aliphatic heterocycles. The number of rotatable bonds is 5. The largest absolute Gasteiger partial charge is 0.369 e. The average molecular weight is 249 g/mol. The van der Waals surface area contributed by atoms with Crippen molar-refractivity contribution >= 4 is 5.82 Å². The smallest absolute Gasteiger partial charge is 0.252 e. The van der Waals surface area contributed by atoms with Gasteiger partial charge in [-0.05, 0) is 0 Å². The molecule has 7 heteroatoms. The third-order valence-electron chi connectivity index (χ3n) is 2.35. The summed E-state index contributed by atoms with van der Waals surface area (Å²) in [6.45, 7) is 4.28. The molecule has 2 rings (SSSR count). The quantitative estimate of drug-likeness (QED) is 0.808. The van der Waals surface area contributed by atoms with Gasteiger partial charge in [0, 0.05) is 32.4 Å². The van der Waals surface area contributed by atoms with Crippen molar-refractivity contribution in [2.24, 2.45) is 0 Å². The van der Waals surface area contributed by atoms with E-state index in [0.29, 0.717) is 42.7 Å². The van der Waals surface area contributed by atoms with Gasteiger partial charge in [-0.15, -0.1) is 0 Å². The first-order valence-electron chi connectivity index (χ1n) is 5.80. The van der Waals surface area contributed by atoms with Crippen molar-refractivity contribution in [2.75, 3.05) is 11.9 Å². The molecular weight excluding hydrogens is 234 g/mol. The van der Waals surface area contributed by atoms with E-state index in [4.69, 9.17) is 4.52 Å². The van der Waals surface area contributed by atoms with E-state index in [0.717, 1.165) is 0 Å². The number of aromatic amines is 1. The van der Waals surface area contributed by atoms with Crippen molar-refractivity contribution in [3.63, 3.8) is 0 Å². The monoisotopic (exact) mass is 249 g/mol. The van der Waals surface area contributed by atoms with E-state index in [-0.39, 0.29) is 5.56 Å². The second kappa shape index (κ2) is 5.44. The summed E-state index contributed by atoms with van der Waals surface area (Å²) >= 11 is 0. The fourth-order valence-corrected chi connectivity index (χ4v) is 1.51. The number of hydrogen-bond donors (Lipinski definition) is 2. The minimum absolute atomic E-state index is 0.153. The Morgan fingerprint density at radius 2 is 2.28 bits per heavy atom. The number of anilines is 1. The maximum atomic E-state index is 11.3. The minimum atomic E-state index is -0.153. The predicted molar refractivity (Wildman–Crippen MR) is 65.5 cm³/mol. The van der Waals surface area contributed by atoms with E-state index >= 15 is 0 Å². The topological polar surface area (TPSA) is 96.7 Å². The Kier molecular flexibility index (Phi) is 3.71. The molecule has 0 aromatic carbocycles. The Balaban J connectivity index is 1.94. The molecule has 0 aliphatic carbocycles. The summed E-state index contributed by atoms with van der Waals surface area (Å²) in [7, 11) is 0. The molecular formula is C11H15N5O2. The number of nitrogens with one attached hydrogen (secondary N) is 2. The zero-order chi connectivity index (χ0) is 13.0. The Morgan fingerprint density at radius 1 is 1.44 bits per heavy atom. The molecule has 2 N–H and O–H groups in total. The molecule has 0 saturated heterocycles. The van der Waals surface area contributed by atoms with Gasteiger partial charge in [0.05, 0.1) is 0 Å². The van der Waals surface area contributed by atoms with Crippen LogP contribution in [0.15, 0.2) is 15.4 Å². The lowest BCUT2D eigenvalue weighted by atomic mass is 10.4. The predicted octanol–water partition coefficient (Wildman–Crippen LogP) is 0.678. The SMILES string of the molecule is CCc1nc(NCCc2noc(C)n2)cc(=O)[nH]1. The zero-order valence-corrected chi connectivity index (χ0v) is 10.4. The van der Waals surface area contributed by atoms with Crippen LogP contribution in [0.3, 0.4) is 0 Å². The van der Waals surface area contributed by atoms with Gasteiger partial charge in [-0.1, -0.05) is 12.1 Å². The van der Waals surface area contributed by atoms with Crippen LogP contribution in [-0.4, -0.2) is 26.7 Å². The second-order valence-corrected chi connectivity index (χ2v) is 3.84. The number of hydrogen-bond acceptors (Lipinski definition) is 6. The number of nitrogens with zero attached hydrogens (tertiary/aromatic N) is 3. The standard InChI is InChI=1S/C11H15N5O2/c1-3-8-14-10(6-11(17)15-8)12-5-4-9-13-7(2)18-16-9/h6H,3-5H2,1-2H3,(H2,12,14,15,17). The highest BCUT2D eigenvalue weighted by Crippen LogP contribution is 2.01. The van der Waals surface area contributed by atoms with E-state index < -0.39 is 0 Å². The van der Waals surface area contributed by atoms with Crippen molar-refractivity contribution in [3.8, 4) is 0 Å². The van der Waals surface area contributed by atoms with Gasteiger partial charge >= 0.3 is 0 Å². The molecule has 0 unspecified atom stereocenters. The summed E-state index contributed by atoms with van der Waals surface area (Å²) in [5.74, 6) is 2.42. The van der Waals surface area contributed by atoms with E-state index in [1.807, 2.05) is 6.92 Å². The molecule has 0 spiro atoms. The van der Waals surface area contributed by atoms with E-state index in [1.54, 1.807) is 6.92 Å². The lowest BCUT2D eigenvalue weighted by Gasteiger charge is -2.04. The van der Waals surface area contributed by atoms with Crippen LogP contribution < -0.4 is 10.9 Å². The maximum absolute atomic E-state index is 11.3. The van der Waals surface area contributed by atoms with Crippen molar-refractivity contribution in [1.29, 1.82) is 0 Å². The van der Waals surface area contributed by atoms with Gasteiger partial charge in [-0.2, -0.15) is 4.98 Å². The van der Waals surface area contributed by atoms with Gasteiger partial charge in [-0.25, -0.2) is 4.98 Å². The summed E-state index contributed by atoms with van der Waals surface area (Å²) in [6, 6.07) is 1.43. The molecule has 0 atom stereocenters. The molecule has 0 amide bonds. The van der Waals surface area contributed by atoms with Crippen LogP contribution in [0.5, 0.6) is 0 Å². The van der Waals surface area contributed by atoms with E-state index in [1.165, 1.54) is 6.07 Å². The first kappa shape index (κ1) is 12.3. The van der Waals surface area contributed by atoms with Crippen LogP contribution in [0, 0.1) is 6.92 Å².